The van der Waals surface area contributed by atoms with Crippen molar-refractivity contribution in [1.82, 2.24) is 4.90 Å². The number of ether oxygens (including phenoxy) is 1. The Morgan fingerprint density at radius 1 is 1.50 bits per heavy atom. The first-order valence-electron chi connectivity index (χ1n) is 6.85. The number of nitrogens with two attached hydrogens (primary N) is 1. The van der Waals surface area contributed by atoms with Gasteiger partial charge in [-0.3, -0.25) is 4.90 Å². The average molecular weight is 277 g/mol. The van der Waals surface area contributed by atoms with Gasteiger partial charge in [0.05, 0.1) is 12.2 Å². The molecule has 1 saturated heterocycles. The number of amidine groups is 1. The minimum atomic E-state index is -0.0833. The van der Waals surface area contributed by atoms with E-state index in [-0.39, 0.29) is 11.4 Å². The summed E-state index contributed by atoms with van der Waals surface area (Å²) >= 11 is 0. The van der Waals surface area contributed by atoms with Crippen LogP contribution in [0.25, 0.3) is 0 Å². The van der Waals surface area contributed by atoms with Gasteiger partial charge in [0.2, 0.25) is 0 Å². The SMILES string of the molecule is Cc1cc(/C(N)=N/O)ccc1CN1CCOC(C)(C)C1. The Labute approximate surface area is 120 Å². The average Bonchev–Trinajstić information content (AvgIpc) is 2.39. The Morgan fingerprint density at radius 3 is 2.85 bits per heavy atom. The summed E-state index contributed by atoms with van der Waals surface area (Å²) in [6.07, 6.45) is 0. The molecular formula is C15H23N3O2. The molecule has 0 amide bonds. The van der Waals surface area contributed by atoms with Gasteiger partial charge in [-0.15, -0.1) is 0 Å². The number of hydrogen-bond donors (Lipinski definition) is 2. The standard InChI is InChI=1S/C15H23N3O2/c1-11-8-12(14(16)17-19)4-5-13(11)9-18-6-7-20-15(2,3)10-18/h4-5,8,19H,6-7,9-10H2,1-3H3,(H2,16,17). The number of rotatable bonds is 3. The van der Waals surface area contributed by atoms with Crippen LogP contribution >= 0.6 is 0 Å². The minimum Gasteiger partial charge on any atom is -0.409 e. The normalized spacial score (nSPS) is 20.1. The van der Waals surface area contributed by atoms with Crippen molar-refractivity contribution in [2.45, 2.75) is 32.9 Å². The van der Waals surface area contributed by atoms with Crippen LogP contribution in [0, 0.1) is 6.92 Å². The minimum absolute atomic E-state index is 0.0833. The predicted molar refractivity (Wildman–Crippen MR) is 79.0 cm³/mol. The molecule has 0 radical (unpaired) electrons. The third-order valence-electron chi connectivity index (χ3n) is 3.64. The molecule has 1 heterocycles. The number of nitrogens with zero attached hydrogens (tertiary/aromatic N) is 2. The molecule has 1 aliphatic heterocycles. The first kappa shape index (κ1) is 14.8. The second kappa shape index (κ2) is 5.81. The highest BCUT2D eigenvalue weighted by molar-refractivity contribution is 5.97. The molecule has 0 aliphatic carbocycles. The molecular weight excluding hydrogens is 254 g/mol. The second-order valence-electron chi connectivity index (χ2n) is 5.95. The van der Waals surface area contributed by atoms with Crippen molar-refractivity contribution < 1.29 is 9.94 Å². The summed E-state index contributed by atoms with van der Waals surface area (Å²) in [6, 6.07) is 5.89. The first-order valence-corrected chi connectivity index (χ1v) is 6.85. The van der Waals surface area contributed by atoms with Crippen molar-refractivity contribution in [2.75, 3.05) is 19.7 Å². The molecule has 0 unspecified atom stereocenters. The van der Waals surface area contributed by atoms with Crippen LogP contribution in [0.15, 0.2) is 23.4 Å². The fraction of sp³-hybridized carbons (Fsp3) is 0.533. The Hall–Kier alpha value is -1.59. The number of aryl methyl sites for hydroxylation is 1. The Balaban J connectivity index is 2.10. The molecule has 20 heavy (non-hydrogen) atoms. The fourth-order valence-corrected chi connectivity index (χ4v) is 2.58. The summed E-state index contributed by atoms with van der Waals surface area (Å²) in [4.78, 5) is 2.40. The molecule has 2 rings (SSSR count). The number of oxime groups is 1. The van der Waals surface area contributed by atoms with Crippen LogP contribution in [0.3, 0.4) is 0 Å². The van der Waals surface area contributed by atoms with E-state index in [2.05, 4.69) is 30.8 Å². The Kier molecular flexibility index (Phi) is 4.30. The molecule has 5 nitrogen and oxygen atoms in total. The van der Waals surface area contributed by atoms with Gasteiger partial charge in [-0.25, -0.2) is 0 Å². The van der Waals surface area contributed by atoms with Gasteiger partial charge in [-0.1, -0.05) is 17.3 Å². The van der Waals surface area contributed by atoms with Crippen LogP contribution in [0.5, 0.6) is 0 Å². The highest BCUT2D eigenvalue weighted by atomic mass is 16.5. The summed E-state index contributed by atoms with van der Waals surface area (Å²) in [5, 5.41) is 11.7. The van der Waals surface area contributed by atoms with E-state index in [9.17, 15) is 0 Å². The molecule has 3 N–H and O–H groups in total. The van der Waals surface area contributed by atoms with Gasteiger partial charge in [-0.2, -0.15) is 0 Å². The number of morpholine rings is 1. The van der Waals surface area contributed by atoms with E-state index in [0.717, 1.165) is 37.4 Å². The van der Waals surface area contributed by atoms with Crippen LogP contribution in [0.4, 0.5) is 0 Å². The van der Waals surface area contributed by atoms with Crippen molar-refractivity contribution in [3.63, 3.8) is 0 Å². The zero-order chi connectivity index (χ0) is 14.8. The molecule has 0 bridgehead atoms. The molecule has 0 atom stereocenters. The zero-order valence-electron chi connectivity index (χ0n) is 12.4. The summed E-state index contributed by atoms with van der Waals surface area (Å²) < 4.78 is 5.73. The fourth-order valence-electron chi connectivity index (χ4n) is 2.58. The van der Waals surface area contributed by atoms with Crippen LogP contribution < -0.4 is 5.73 Å². The number of hydrogen-bond acceptors (Lipinski definition) is 4. The summed E-state index contributed by atoms with van der Waals surface area (Å²) in [7, 11) is 0. The maximum absolute atomic E-state index is 8.71. The lowest BCUT2D eigenvalue weighted by Crippen LogP contribution is -2.47. The monoisotopic (exact) mass is 277 g/mol. The van der Waals surface area contributed by atoms with Crippen molar-refractivity contribution >= 4 is 5.84 Å². The summed E-state index contributed by atoms with van der Waals surface area (Å²) in [6.45, 7) is 9.83. The van der Waals surface area contributed by atoms with E-state index >= 15 is 0 Å². The maximum atomic E-state index is 8.71. The first-order chi connectivity index (χ1) is 9.41. The van der Waals surface area contributed by atoms with E-state index in [1.165, 1.54) is 5.56 Å². The highest BCUT2D eigenvalue weighted by Gasteiger charge is 2.27. The van der Waals surface area contributed by atoms with Gasteiger partial charge in [0.15, 0.2) is 5.84 Å². The van der Waals surface area contributed by atoms with Crippen molar-refractivity contribution in [1.29, 1.82) is 0 Å². The lowest BCUT2D eigenvalue weighted by Gasteiger charge is -2.38. The molecule has 0 aromatic heterocycles. The third kappa shape index (κ3) is 3.49. The van der Waals surface area contributed by atoms with Gasteiger partial charge >= 0.3 is 0 Å². The van der Waals surface area contributed by atoms with Crippen molar-refractivity contribution in [2.24, 2.45) is 10.9 Å². The third-order valence-corrected chi connectivity index (χ3v) is 3.64. The Bertz CT molecular complexity index is 512. The molecule has 1 fully saturated rings. The summed E-state index contributed by atoms with van der Waals surface area (Å²) in [5.74, 6) is 0.146. The number of benzene rings is 1. The van der Waals surface area contributed by atoms with Crippen LogP contribution in [0.1, 0.15) is 30.5 Å². The van der Waals surface area contributed by atoms with Gasteiger partial charge in [-0.05, 0) is 38.0 Å². The topological polar surface area (TPSA) is 71.1 Å². The van der Waals surface area contributed by atoms with Crippen molar-refractivity contribution in [3.8, 4) is 0 Å². The van der Waals surface area contributed by atoms with Crippen molar-refractivity contribution in [3.05, 3.63) is 34.9 Å². The predicted octanol–water partition coefficient (Wildman–Crippen LogP) is 1.70. The van der Waals surface area contributed by atoms with E-state index in [1.54, 1.807) is 0 Å². The van der Waals surface area contributed by atoms with Crippen LogP contribution in [-0.4, -0.2) is 41.2 Å². The van der Waals surface area contributed by atoms with E-state index < -0.39 is 0 Å². The smallest absolute Gasteiger partial charge is 0.170 e. The quantitative estimate of drug-likeness (QED) is 0.382. The molecule has 110 valence electrons. The Morgan fingerprint density at radius 2 is 2.25 bits per heavy atom. The van der Waals surface area contributed by atoms with Crippen LogP contribution in [-0.2, 0) is 11.3 Å². The molecule has 0 saturated carbocycles. The van der Waals surface area contributed by atoms with Crippen LogP contribution in [0.2, 0.25) is 0 Å². The molecule has 5 heteroatoms. The zero-order valence-corrected chi connectivity index (χ0v) is 12.4. The lowest BCUT2D eigenvalue weighted by molar-refractivity contribution is -0.0883. The molecule has 1 aliphatic rings. The summed E-state index contributed by atoms with van der Waals surface area (Å²) in [5.41, 5.74) is 8.68. The van der Waals surface area contributed by atoms with Gasteiger partial charge in [0.25, 0.3) is 0 Å². The second-order valence-corrected chi connectivity index (χ2v) is 5.95. The van der Waals surface area contributed by atoms with E-state index in [0.29, 0.717) is 0 Å². The van der Waals surface area contributed by atoms with Gasteiger partial charge in [0.1, 0.15) is 0 Å². The largest absolute Gasteiger partial charge is 0.409 e. The van der Waals surface area contributed by atoms with E-state index in [4.69, 9.17) is 15.7 Å². The molecule has 1 aromatic carbocycles. The maximum Gasteiger partial charge on any atom is 0.170 e. The van der Waals surface area contributed by atoms with Gasteiger partial charge < -0.3 is 15.7 Å². The lowest BCUT2D eigenvalue weighted by atomic mass is 10.0. The van der Waals surface area contributed by atoms with Gasteiger partial charge in [0, 0.05) is 25.2 Å². The van der Waals surface area contributed by atoms with E-state index in [1.807, 2.05) is 18.2 Å². The highest BCUT2D eigenvalue weighted by Crippen LogP contribution is 2.20. The molecule has 1 aromatic rings. The molecule has 0 spiro atoms.